The van der Waals surface area contributed by atoms with Crippen molar-refractivity contribution in [3.05, 3.63) is 65.7 Å². The van der Waals surface area contributed by atoms with E-state index in [9.17, 15) is 4.79 Å². The Morgan fingerprint density at radius 3 is 2.40 bits per heavy atom. The molecule has 2 rings (SSSR count). The lowest BCUT2D eigenvalue weighted by molar-refractivity contribution is 0.104. The zero-order chi connectivity index (χ0) is 14.5. The van der Waals surface area contributed by atoms with E-state index >= 15 is 0 Å². The van der Waals surface area contributed by atoms with Crippen LogP contribution in [0.5, 0.6) is 0 Å². The van der Waals surface area contributed by atoms with Crippen LogP contribution in [0, 0.1) is 0 Å². The average Bonchev–Trinajstić information content (AvgIpc) is 2.45. The Balaban J connectivity index is 2.11. The van der Waals surface area contributed by atoms with E-state index in [0.29, 0.717) is 11.3 Å². The molecule has 0 saturated heterocycles. The van der Waals surface area contributed by atoms with Gasteiger partial charge in [-0.2, -0.15) is 0 Å². The Morgan fingerprint density at radius 2 is 1.80 bits per heavy atom. The molecule has 0 bridgehead atoms. The van der Waals surface area contributed by atoms with Gasteiger partial charge in [0, 0.05) is 31.0 Å². The van der Waals surface area contributed by atoms with Crippen molar-refractivity contribution in [1.29, 1.82) is 0 Å². The summed E-state index contributed by atoms with van der Waals surface area (Å²) < 4.78 is 0. The summed E-state index contributed by atoms with van der Waals surface area (Å²) in [4.78, 5) is 14.0. The number of nitrogens with zero attached hydrogens (tertiary/aromatic N) is 1. The first kappa shape index (κ1) is 13.9. The fraction of sp³-hybridized carbons (Fsp3) is 0.118. The topological polar surface area (TPSA) is 46.3 Å². The highest BCUT2D eigenvalue weighted by Crippen LogP contribution is 2.14. The van der Waals surface area contributed by atoms with Crippen molar-refractivity contribution in [2.45, 2.75) is 0 Å². The minimum atomic E-state index is -0.0472. The maximum atomic E-state index is 12.0. The lowest BCUT2D eigenvalue weighted by atomic mass is 10.1. The lowest BCUT2D eigenvalue weighted by Gasteiger charge is -2.11. The molecule has 20 heavy (non-hydrogen) atoms. The molecule has 0 unspecified atom stereocenters. The van der Waals surface area contributed by atoms with Gasteiger partial charge in [-0.05, 0) is 35.9 Å². The van der Waals surface area contributed by atoms with E-state index < -0.39 is 0 Å². The van der Waals surface area contributed by atoms with Crippen molar-refractivity contribution in [2.75, 3.05) is 24.7 Å². The van der Waals surface area contributed by atoms with E-state index in [1.807, 2.05) is 49.3 Å². The zero-order valence-corrected chi connectivity index (χ0v) is 11.7. The minimum absolute atomic E-state index is 0.0472. The molecular formula is C17H18N2O. The number of anilines is 2. The Labute approximate surface area is 119 Å². The number of allylic oxidation sites excluding steroid dienone is 1. The summed E-state index contributed by atoms with van der Waals surface area (Å²) in [5.41, 5.74) is 8.99. The van der Waals surface area contributed by atoms with Gasteiger partial charge >= 0.3 is 0 Å². The van der Waals surface area contributed by atoms with E-state index in [1.54, 1.807) is 30.3 Å². The summed E-state index contributed by atoms with van der Waals surface area (Å²) in [6.45, 7) is 0. The number of carbonyl (C=O) groups excluding carboxylic acids is 1. The standard InChI is InChI=1S/C17H18N2O/c1-19(2)16-9-6-13(7-10-16)8-11-17(20)14-4-3-5-15(18)12-14/h3-12H,18H2,1-2H3. The SMILES string of the molecule is CN(C)c1ccc(C=CC(=O)c2cccc(N)c2)cc1. The maximum Gasteiger partial charge on any atom is 0.185 e. The minimum Gasteiger partial charge on any atom is -0.399 e. The smallest absolute Gasteiger partial charge is 0.185 e. The van der Waals surface area contributed by atoms with Crippen LogP contribution in [0.3, 0.4) is 0 Å². The molecule has 2 aromatic rings. The predicted molar refractivity (Wildman–Crippen MR) is 85.0 cm³/mol. The first-order valence-corrected chi connectivity index (χ1v) is 6.41. The molecule has 0 aromatic heterocycles. The van der Waals surface area contributed by atoms with Crippen molar-refractivity contribution in [2.24, 2.45) is 0 Å². The summed E-state index contributed by atoms with van der Waals surface area (Å²) in [6, 6.07) is 15.0. The van der Waals surface area contributed by atoms with Gasteiger partial charge in [-0.1, -0.05) is 30.3 Å². The fourth-order valence-corrected chi connectivity index (χ4v) is 1.84. The van der Waals surface area contributed by atoms with E-state index in [4.69, 9.17) is 5.73 Å². The summed E-state index contributed by atoms with van der Waals surface area (Å²) >= 11 is 0. The van der Waals surface area contributed by atoms with Gasteiger partial charge in [0.2, 0.25) is 0 Å². The van der Waals surface area contributed by atoms with E-state index in [-0.39, 0.29) is 5.78 Å². The quantitative estimate of drug-likeness (QED) is 0.525. The van der Waals surface area contributed by atoms with E-state index in [2.05, 4.69) is 0 Å². The van der Waals surface area contributed by atoms with Gasteiger partial charge < -0.3 is 10.6 Å². The zero-order valence-electron chi connectivity index (χ0n) is 11.7. The summed E-state index contributed by atoms with van der Waals surface area (Å²) in [5.74, 6) is -0.0472. The van der Waals surface area contributed by atoms with Crippen LogP contribution < -0.4 is 10.6 Å². The van der Waals surface area contributed by atoms with Gasteiger partial charge in [0.1, 0.15) is 0 Å². The van der Waals surface area contributed by atoms with Crippen LogP contribution >= 0.6 is 0 Å². The Hall–Kier alpha value is -2.55. The molecule has 0 radical (unpaired) electrons. The van der Waals surface area contributed by atoms with E-state index in [1.165, 1.54) is 0 Å². The van der Waals surface area contributed by atoms with Gasteiger partial charge in [0.25, 0.3) is 0 Å². The van der Waals surface area contributed by atoms with Gasteiger partial charge in [0.15, 0.2) is 5.78 Å². The number of nitrogens with two attached hydrogens (primary N) is 1. The monoisotopic (exact) mass is 266 g/mol. The first-order chi connectivity index (χ1) is 9.56. The van der Waals surface area contributed by atoms with Crippen LogP contribution in [0.1, 0.15) is 15.9 Å². The molecule has 2 N–H and O–H groups in total. The second-order valence-electron chi connectivity index (χ2n) is 4.81. The number of hydrogen-bond acceptors (Lipinski definition) is 3. The second-order valence-corrected chi connectivity index (χ2v) is 4.81. The third-order valence-electron chi connectivity index (χ3n) is 3.01. The highest BCUT2D eigenvalue weighted by molar-refractivity contribution is 6.07. The Bertz CT molecular complexity index is 628. The lowest BCUT2D eigenvalue weighted by Crippen LogP contribution is -2.07. The van der Waals surface area contributed by atoms with Crippen molar-refractivity contribution < 1.29 is 4.79 Å². The number of benzene rings is 2. The molecule has 0 aliphatic carbocycles. The number of ketones is 1. The van der Waals surface area contributed by atoms with Crippen LogP contribution in [0.15, 0.2) is 54.6 Å². The van der Waals surface area contributed by atoms with Crippen LogP contribution in [-0.4, -0.2) is 19.9 Å². The predicted octanol–water partition coefficient (Wildman–Crippen LogP) is 3.23. The molecular weight excluding hydrogens is 248 g/mol. The molecule has 3 heteroatoms. The summed E-state index contributed by atoms with van der Waals surface area (Å²) in [6.07, 6.45) is 3.38. The molecule has 3 nitrogen and oxygen atoms in total. The summed E-state index contributed by atoms with van der Waals surface area (Å²) in [7, 11) is 3.99. The highest BCUT2D eigenvalue weighted by atomic mass is 16.1. The number of nitrogen functional groups attached to an aromatic ring is 1. The maximum absolute atomic E-state index is 12.0. The molecule has 0 fully saturated rings. The molecule has 0 aliphatic rings. The van der Waals surface area contributed by atoms with Crippen LogP contribution in [0.2, 0.25) is 0 Å². The fourth-order valence-electron chi connectivity index (χ4n) is 1.84. The molecule has 0 saturated carbocycles. The third-order valence-corrected chi connectivity index (χ3v) is 3.01. The number of carbonyl (C=O) groups is 1. The average molecular weight is 266 g/mol. The van der Waals surface area contributed by atoms with Crippen LogP contribution in [-0.2, 0) is 0 Å². The van der Waals surface area contributed by atoms with Crippen LogP contribution in [0.4, 0.5) is 11.4 Å². The van der Waals surface area contributed by atoms with Gasteiger partial charge in [-0.15, -0.1) is 0 Å². The second kappa shape index (κ2) is 6.06. The van der Waals surface area contributed by atoms with E-state index in [0.717, 1.165) is 11.3 Å². The van der Waals surface area contributed by atoms with Crippen molar-refractivity contribution >= 4 is 23.2 Å². The Kier molecular flexibility index (Phi) is 4.20. The molecule has 0 amide bonds. The molecule has 0 heterocycles. The van der Waals surface area contributed by atoms with Gasteiger partial charge in [0.05, 0.1) is 0 Å². The van der Waals surface area contributed by atoms with Crippen LogP contribution in [0.25, 0.3) is 6.08 Å². The van der Waals surface area contributed by atoms with Gasteiger partial charge in [-0.25, -0.2) is 0 Å². The molecule has 102 valence electrons. The first-order valence-electron chi connectivity index (χ1n) is 6.41. The normalized spacial score (nSPS) is 10.7. The largest absolute Gasteiger partial charge is 0.399 e. The van der Waals surface area contributed by atoms with Crippen molar-refractivity contribution in [3.63, 3.8) is 0 Å². The Morgan fingerprint density at radius 1 is 1.10 bits per heavy atom. The number of hydrogen-bond donors (Lipinski definition) is 1. The molecule has 0 aliphatic heterocycles. The highest BCUT2D eigenvalue weighted by Gasteiger charge is 2.01. The van der Waals surface area contributed by atoms with Crippen molar-refractivity contribution in [1.82, 2.24) is 0 Å². The number of rotatable bonds is 4. The third kappa shape index (κ3) is 3.48. The summed E-state index contributed by atoms with van der Waals surface area (Å²) in [5, 5.41) is 0. The molecule has 0 spiro atoms. The molecule has 0 atom stereocenters. The molecule has 2 aromatic carbocycles. The van der Waals surface area contributed by atoms with Crippen molar-refractivity contribution in [3.8, 4) is 0 Å². The van der Waals surface area contributed by atoms with Gasteiger partial charge in [-0.3, -0.25) is 4.79 Å².